The number of primary amides is 1. The van der Waals surface area contributed by atoms with Gasteiger partial charge in [0.1, 0.15) is 23.9 Å². The fourth-order valence-corrected chi connectivity index (χ4v) is 3.24. The Hall–Kier alpha value is -3.71. The fraction of sp³-hybridized carbons (Fsp3) is 0.522. The van der Waals surface area contributed by atoms with E-state index in [2.05, 4.69) is 16.0 Å². The summed E-state index contributed by atoms with van der Waals surface area (Å²) in [6.07, 6.45) is -0.297. The van der Waals surface area contributed by atoms with Crippen molar-refractivity contribution in [1.82, 2.24) is 16.0 Å². The van der Waals surface area contributed by atoms with Gasteiger partial charge in [-0.3, -0.25) is 19.2 Å². The Morgan fingerprint density at radius 1 is 0.889 bits per heavy atom. The topological polar surface area (TPSA) is 234 Å². The van der Waals surface area contributed by atoms with E-state index in [-0.39, 0.29) is 37.4 Å². The number of nitrogens with two attached hydrogens (primary N) is 2. The molecule has 13 heteroatoms. The van der Waals surface area contributed by atoms with Gasteiger partial charge in [-0.1, -0.05) is 26.0 Å². The molecule has 0 heterocycles. The van der Waals surface area contributed by atoms with E-state index in [1.165, 1.54) is 12.1 Å². The number of phenolic OH excluding ortho intramolecular Hbond substituents is 1. The molecule has 0 aliphatic carbocycles. The number of amides is 4. The predicted octanol–water partition coefficient (Wildman–Crippen LogP) is -1.90. The van der Waals surface area contributed by atoms with E-state index in [1.54, 1.807) is 26.0 Å². The molecule has 0 radical (unpaired) electrons. The second-order valence-electron chi connectivity index (χ2n) is 8.82. The minimum Gasteiger partial charge on any atom is -0.508 e. The van der Waals surface area contributed by atoms with Gasteiger partial charge in [-0.05, 0) is 42.9 Å². The van der Waals surface area contributed by atoms with Crippen LogP contribution in [0.1, 0.15) is 38.7 Å². The van der Waals surface area contributed by atoms with E-state index in [0.717, 1.165) is 0 Å². The van der Waals surface area contributed by atoms with Gasteiger partial charge in [0.15, 0.2) is 0 Å². The number of aliphatic carboxylic acids is 1. The van der Waals surface area contributed by atoms with Gasteiger partial charge in [0.05, 0.1) is 12.6 Å². The summed E-state index contributed by atoms with van der Waals surface area (Å²) in [4.78, 5) is 60.6. The highest BCUT2D eigenvalue weighted by Crippen LogP contribution is 2.11. The summed E-state index contributed by atoms with van der Waals surface area (Å²) in [5.74, 6) is -4.56. The van der Waals surface area contributed by atoms with E-state index in [0.29, 0.717) is 5.56 Å². The monoisotopic (exact) mass is 509 g/mol. The van der Waals surface area contributed by atoms with Crippen LogP contribution in [0.15, 0.2) is 24.3 Å². The van der Waals surface area contributed by atoms with Crippen molar-refractivity contribution in [2.75, 3.05) is 6.61 Å². The molecule has 4 unspecified atom stereocenters. The van der Waals surface area contributed by atoms with Crippen molar-refractivity contribution in [1.29, 1.82) is 0 Å². The first-order chi connectivity index (χ1) is 16.8. The van der Waals surface area contributed by atoms with Gasteiger partial charge in [0.2, 0.25) is 23.6 Å². The van der Waals surface area contributed by atoms with Crippen molar-refractivity contribution in [3.63, 3.8) is 0 Å². The fourth-order valence-electron chi connectivity index (χ4n) is 3.24. The minimum absolute atomic E-state index is 0.0441. The van der Waals surface area contributed by atoms with Gasteiger partial charge < -0.3 is 42.7 Å². The Kier molecular flexibility index (Phi) is 12.3. The molecule has 0 aromatic heterocycles. The first-order valence-corrected chi connectivity index (χ1v) is 11.4. The van der Waals surface area contributed by atoms with Crippen LogP contribution in [0.2, 0.25) is 0 Å². The molecule has 0 saturated carbocycles. The molecule has 0 spiro atoms. The maximum absolute atomic E-state index is 12.7. The zero-order valence-corrected chi connectivity index (χ0v) is 20.3. The number of carbonyl (C=O) groups is 5. The van der Waals surface area contributed by atoms with Crippen LogP contribution in [-0.4, -0.2) is 75.7 Å². The Bertz CT molecular complexity index is 922. The molecule has 4 atom stereocenters. The summed E-state index contributed by atoms with van der Waals surface area (Å²) in [7, 11) is 0. The van der Waals surface area contributed by atoms with Crippen molar-refractivity contribution in [3.05, 3.63) is 29.8 Å². The molecule has 0 bridgehead atoms. The lowest BCUT2D eigenvalue weighted by atomic mass is 10.0. The number of carboxylic acid groups (broad SMARTS) is 1. The highest BCUT2D eigenvalue weighted by molar-refractivity contribution is 5.94. The number of rotatable bonds is 15. The molecule has 0 aliphatic heterocycles. The van der Waals surface area contributed by atoms with Crippen molar-refractivity contribution in [3.8, 4) is 5.75 Å². The molecule has 0 fully saturated rings. The normalized spacial score (nSPS) is 14.2. The molecule has 200 valence electrons. The van der Waals surface area contributed by atoms with Crippen LogP contribution < -0.4 is 27.4 Å². The number of hydrogen-bond donors (Lipinski definition) is 8. The zero-order valence-electron chi connectivity index (χ0n) is 20.3. The summed E-state index contributed by atoms with van der Waals surface area (Å²) in [6, 6.07) is 0.867. The Labute approximate surface area is 208 Å². The number of carbonyl (C=O) groups excluding carboxylic acids is 4. The van der Waals surface area contributed by atoms with Crippen molar-refractivity contribution < 1.29 is 39.3 Å². The summed E-state index contributed by atoms with van der Waals surface area (Å²) < 4.78 is 0. The highest BCUT2D eigenvalue weighted by Gasteiger charge is 2.30. The number of carboxylic acids is 1. The lowest BCUT2D eigenvalue weighted by molar-refractivity contribution is -0.143. The molecule has 36 heavy (non-hydrogen) atoms. The minimum atomic E-state index is -1.47. The number of aromatic hydroxyl groups is 1. The molecule has 1 rings (SSSR count). The maximum Gasteiger partial charge on any atom is 0.326 e. The largest absolute Gasteiger partial charge is 0.508 e. The summed E-state index contributed by atoms with van der Waals surface area (Å²) in [6.45, 7) is 2.73. The first-order valence-electron chi connectivity index (χ1n) is 11.4. The van der Waals surface area contributed by atoms with Crippen LogP contribution in [0.3, 0.4) is 0 Å². The second-order valence-corrected chi connectivity index (χ2v) is 8.82. The Morgan fingerprint density at radius 3 is 1.92 bits per heavy atom. The van der Waals surface area contributed by atoms with Gasteiger partial charge in [-0.15, -0.1) is 0 Å². The Balaban J connectivity index is 2.87. The highest BCUT2D eigenvalue weighted by atomic mass is 16.4. The first kappa shape index (κ1) is 30.3. The van der Waals surface area contributed by atoms with Gasteiger partial charge in [-0.2, -0.15) is 0 Å². The van der Waals surface area contributed by atoms with E-state index in [9.17, 15) is 39.3 Å². The van der Waals surface area contributed by atoms with Crippen LogP contribution in [-0.2, 0) is 30.4 Å². The van der Waals surface area contributed by atoms with E-state index in [1.807, 2.05) is 0 Å². The number of aliphatic hydroxyl groups is 1. The molecule has 0 saturated heterocycles. The third kappa shape index (κ3) is 10.7. The van der Waals surface area contributed by atoms with Crippen LogP contribution >= 0.6 is 0 Å². The van der Waals surface area contributed by atoms with Crippen LogP contribution in [0.4, 0.5) is 0 Å². The molecule has 1 aromatic carbocycles. The van der Waals surface area contributed by atoms with E-state index >= 15 is 0 Å². The van der Waals surface area contributed by atoms with Crippen molar-refractivity contribution >= 4 is 29.6 Å². The lowest BCUT2D eigenvalue weighted by Gasteiger charge is -2.24. The molecule has 13 nitrogen and oxygen atoms in total. The number of benzene rings is 1. The molecule has 0 aliphatic rings. The third-order valence-electron chi connectivity index (χ3n) is 5.18. The van der Waals surface area contributed by atoms with Gasteiger partial charge in [0, 0.05) is 6.42 Å². The molecule has 10 N–H and O–H groups in total. The number of phenols is 1. The molecular weight excluding hydrogens is 474 g/mol. The van der Waals surface area contributed by atoms with Gasteiger partial charge in [-0.25, -0.2) is 4.79 Å². The SMILES string of the molecule is CC(C)CC(NC(=O)C(CCC(N)=O)NC(=O)C(CO)NC(=O)C(N)Cc1ccc(O)cc1)C(=O)O. The number of nitrogens with one attached hydrogen (secondary N) is 3. The van der Waals surface area contributed by atoms with Crippen LogP contribution in [0, 0.1) is 5.92 Å². The molecular formula is C23H35N5O8. The second kappa shape index (κ2) is 14.6. The summed E-state index contributed by atoms with van der Waals surface area (Å²) in [5, 5.41) is 35.3. The third-order valence-corrected chi connectivity index (χ3v) is 5.18. The average Bonchev–Trinajstić information content (AvgIpc) is 2.80. The summed E-state index contributed by atoms with van der Waals surface area (Å²) in [5.41, 5.74) is 11.7. The predicted molar refractivity (Wildman–Crippen MR) is 128 cm³/mol. The smallest absolute Gasteiger partial charge is 0.326 e. The zero-order chi connectivity index (χ0) is 27.4. The quantitative estimate of drug-likeness (QED) is 0.132. The standard InChI is InChI=1S/C23H35N5O8/c1-12(2)9-17(23(35)36)27-21(33)16(7-8-19(25)31)26-22(34)18(11-29)28-20(32)15(24)10-13-3-5-14(30)6-4-13/h3-6,12,15-18,29-30H,7-11,24H2,1-2H3,(H2,25,31)(H,26,34)(H,27,33)(H,28,32)(H,35,36). The maximum atomic E-state index is 12.7. The molecule has 1 aromatic rings. The number of aliphatic hydroxyl groups excluding tert-OH is 1. The van der Waals surface area contributed by atoms with E-state index < -0.39 is 60.4 Å². The van der Waals surface area contributed by atoms with Gasteiger partial charge >= 0.3 is 5.97 Å². The van der Waals surface area contributed by atoms with Crippen LogP contribution in [0.25, 0.3) is 0 Å². The van der Waals surface area contributed by atoms with E-state index in [4.69, 9.17) is 11.5 Å². The Morgan fingerprint density at radius 2 is 1.42 bits per heavy atom. The molecule has 4 amide bonds. The van der Waals surface area contributed by atoms with Gasteiger partial charge in [0.25, 0.3) is 0 Å². The van der Waals surface area contributed by atoms with Crippen molar-refractivity contribution in [2.45, 2.75) is 63.7 Å². The van der Waals surface area contributed by atoms with Crippen LogP contribution in [0.5, 0.6) is 5.75 Å². The number of hydrogen-bond acceptors (Lipinski definition) is 8. The van der Waals surface area contributed by atoms with Crippen molar-refractivity contribution in [2.24, 2.45) is 17.4 Å². The summed E-state index contributed by atoms with van der Waals surface area (Å²) >= 11 is 0. The average molecular weight is 510 g/mol. The lowest BCUT2D eigenvalue weighted by Crippen LogP contribution is -2.58.